The fraction of sp³-hybridized carbons (Fsp3) is 0.370. The number of ether oxygens (including phenoxy) is 2. The Kier molecular flexibility index (Phi) is 7.02. The molecule has 7 heteroatoms. The topological polar surface area (TPSA) is 64.5 Å². The third-order valence-electron chi connectivity index (χ3n) is 6.54. The summed E-state index contributed by atoms with van der Waals surface area (Å²) in [5.74, 6) is 2.25. The summed E-state index contributed by atoms with van der Waals surface area (Å²) in [5.41, 5.74) is 3.75. The molecule has 1 fully saturated rings. The van der Waals surface area contributed by atoms with E-state index in [0.29, 0.717) is 18.2 Å². The lowest BCUT2D eigenvalue weighted by molar-refractivity contribution is 0.0959. The maximum atomic E-state index is 12.8. The van der Waals surface area contributed by atoms with Crippen LogP contribution >= 0.6 is 11.3 Å². The predicted molar refractivity (Wildman–Crippen MR) is 137 cm³/mol. The van der Waals surface area contributed by atoms with Crippen LogP contribution in [0.4, 0.5) is 0 Å². The van der Waals surface area contributed by atoms with Gasteiger partial charge in [-0.2, -0.15) is 0 Å². The van der Waals surface area contributed by atoms with Crippen LogP contribution in [0.1, 0.15) is 36.2 Å². The number of nitrogens with zero attached hydrogens (tertiary/aromatic N) is 1. The third kappa shape index (κ3) is 5.37. The summed E-state index contributed by atoms with van der Waals surface area (Å²) in [6, 6.07) is 11.9. The van der Waals surface area contributed by atoms with Crippen LogP contribution in [-0.4, -0.2) is 36.8 Å². The average Bonchev–Trinajstić information content (AvgIpc) is 3.46. The molecular weight excluding hydrogens is 446 g/mol. The zero-order chi connectivity index (χ0) is 23.3. The zero-order valence-corrected chi connectivity index (χ0v) is 20.3. The Morgan fingerprint density at radius 3 is 2.68 bits per heavy atom. The largest absolute Gasteiger partial charge is 0.493 e. The first-order valence-corrected chi connectivity index (χ1v) is 12.8. The Morgan fingerprint density at radius 1 is 1.15 bits per heavy atom. The molecule has 0 unspecified atom stereocenters. The first-order chi connectivity index (χ1) is 16.7. The van der Waals surface area contributed by atoms with Crippen molar-refractivity contribution < 1.29 is 14.3 Å². The molecule has 1 amide bonds. The molecule has 1 aliphatic carbocycles. The summed E-state index contributed by atoms with van der Waals surface area (Å²) in [4.78, 5) is 12.8. The summed E-state index contributed by atoms with van der Waals surface area (Å²) in [6.45, 7) is 3.45. The van der Waals surface area contributed by atoms with E-state index in [-0.39, 0.29) is 5.91 Å². The number of allylic oxidation sites excluding steroid dienone is 2. The van der Waals surface area contributed by atoms with Gasteiger partial charge in [-0.3, -0.25) is 4.79 Å². The summed E-state index contributed by atoms with van der Waals surface area (Å²) < 4.78 is 15.0. The van der Waals surface area contributed by atoms with E-state index in [1.165, 1.54) is 12.8 Å². The molecule has 0 radical (unpaired) electrons. The van der Waals surface area contributed by atoms with E-state index in [9.17, 15) is 4.79 Å². The lowest BCUT2D eigenvalue weighted by Crippen LogP contribution is -2.30. The third-order valence-corrected chi connectivity index (χ3v) is 7.39. The Hall–Kier alpha value is -3.03. The van der Waals surface area contributed by atoms with Gasteiger partial charge in [0.15, 0.2) is 0 Å². The SMILES string of the molecule is Cn1c(C(=O)NC2=CCCC(COc3ccc(OCC4CCNCC4)cc3)=C2)cc2sccc21. The molecule has 1 saturated heterocycles. The van der Waals surface area contributed by atoms with E-state index in [4.69, 9.17) is 9.47 Å². The van der Waals surface area contributed by atoms with E-state index >= 15 is 0 Å². The van der Waals surface area contributed by atoms with Gasteiger partial charge in [-0.25, -0.2) is 0 Å². The van der Waals surface area contributed by atoms with Gasteiger partial charge in [0.2, 0.25) is 0 Å². The molecule has 3 aromatic rings. The van der Waals surface area contributed by atoms with Crippen molar-refractivity contribution in [3.63, 3.8) is 0 Å². The summed E-state index contributed by atoms with van der Waals surface area (Å²) in [5, 5.41) is 8.49. The Bertz CT molecular complexity index is 1200. The van der Waals surface area contributed by atoms with Crippen LogP contribution in [-0.2, 0) is 7.05 Å². The van der Waals surface area contributed by atoms with Crippen molar-refractivity contribution in [3.8, 4) is 11.5 Å². The molecule has 2 aliphatic rings. The molecule has 6 nitrogen and oxygen atoms in total. The number of fused-ring (bicyclic) bond motifs is 1. The number of rotatable bonds is 8. The van der Waals surface area contributed by atoms with Gasteiger partial charge in [0.1, 0.15) is 23.8 Å². The van der Waals surface area contributed by atoms with Crippen molar-refractivity contribution in [1.29, 1.82) is 0 Å². The predicted octanol–water partition coefficient (Wildman–Crippen LogP) is 5.03. The Balaban J connectivity index is 1.12. The van der Waals surface area contributed by atoms with Crippen molar-refractivity contribution in [2.75, 3.05) is 26.3 Å². The second-order valence-electron chi connectivity index (χ2n) is 8.98. The highest BCUT2D eigenvalue weighted by molar-refractivity contribution is 7.17. The molecule has 178 valence electrons. The minimum Gasteiger partial charge on any atom is -0.493 e. The van der Waals surface area contributed by atoms with Gasteiger partial charge >= 0.3 is 0 Å². The van der Waals surface area contributed by atoms with E-state index in [0.717, 1.165) is 65.5 Å². The number of carbonyl (C=O) groups excluding carboxylic acids is 1. The molecule has 3 heterocycles. The molecular formula is C27H31N3O3S. The fourth-order valence-electron chi connectivity index (χ4n) is 4.50. The molecule has 1 aromatic carbocycles. The van der Waals surface area contributed by atoms with Crippen molar-refractivity contribution >= 4 is 27.5 Å². The van der Waals surface area contributed by atoms with Crippen LogP contribution in [0.2, 0.25) is 0 Å². The number of aromatic nitrogens is 1. The molecule has 0 saturated carbocycles. The van der Waals surface area contributed by atoms with Crippen LogP contribution in [0, 0.1) is 5.92 Å². The maximum absolute atomic E-state index is 12.8. The van der Waals surface area contributed by atoms with E-state index in [1.807, 2.05) is 59.5 Å². The number of thiophene rings is 1. The average molecular weight is 478 g/mol. The molecule has 2 N–H and O–H groups in total. The summed E-state index contributed by atoms with van der Waals surface area (Å²) >= 11 is 1.65. The number of hydrogen-bond donors (Lipinski definition) is 2. The highest BCUT2D eigenvalue weighted by Gasteiger charge is 2.16. The fourth-order valence-corrected chi connectivity index (χ4v) is 5.35. The van der Waals surface area contributed by atoms with Gasteiger partial charge in [-0.1, -0.05) is 6.08 Å². The van der Waals surface area contributed by atoms with Crippen LogP contribution in [0.3, 0.4) is 0 Å². The van der Waals surface area contributed by atoms with Gasteiger partial charge < -0.3 is 24.7 Å². The number of benzene rings is 1. The van der Waals surface area contributed by atoms with Crippen LogP contribution in [0.5, 0.6) is 11.5 Å². The monoisotopic (exact) mass is 477 g/mol. The molecule has 34 heavy (non-hydrogen) atoms. The first-order valence-electron chi connectivity index (χ1n) is 12.0. The molecule has 2 aromatic heterocycles. The van der Waals surface area contributed by atoms with E-state index in [1.54, 1.807) is 11.3 Å². The molecule has 0 bridgehead atoms. The second-order valence-corrected chi connectivity index (χ2v) is 9.93. The number of carbonyl (C=O) groups is 1. The highest BCUT2D eigenvalue weighted by atomic mass is 32.1. The standard InChI is InChI=1S/C27H31N3O3S/c1-30-24-11-14-34-26(24)16-25(30)27(31)29-21-4-2-3-20(15-21)18-33-23-7-5-22(6-8-23)32-17-19-9-12-28-13-10-19/h4-8,11,14-16,19,28H,2-3,9-10,12-13,17-18H2,1H3,(H,29,31). The van der Waals surface area contributed by atoms with Gasteiger partial charge in [-0.15, -0.1) is 11.3 Å². The number of amides is 1. The number of hydrogen-bond acceptors (Lipinski definition) is 5. The normalized spacial score (nSPS) is 16.7. The lowest BCUT2D eigenvalue weighted by atomic mass is 9.99. The lowest BCUT2D eigenvalue weighted by Gasteiger charge is -2.22. The summed E-state index contributed by atoms with van der Waals surface area (Å²) in [7, 11) is 1.93. The van der Waals surface area contributed by atoms with E-state index in [2.05, 4.69) is 16.7 Å². The number of nitrogens with one attached hydrogen (secondary N) is 2. The minimum atomic E-state index is -0.0874. The van der Waals surface area contributed by atoms with Crippen molar-refractivity contribution in [3.05, 3.63) is 70.9 Å². The van der Waals surface area contributed by atoms with Crippen LogP contribution in [0.15, 0.2) is 65.2 Å². The zero-order valence-electron chi connectivity index (χ0n) is 19.5. The molecule has 0 spiro atoms. The van der Waals surface area contributed by atoms with Gasteiger partial charge in [0.25, 0.3) is 5.91 Å². The smallest absolute Gasteiger partial charge is 0.272 e. The minimum absolute atomic E-state index is 0.0874. The van der Waals surface area contributed by atoms with E-state index < -0.39 is 0 Å². The number of piperidine rings is 1. The Labute approximate surface area is 204 Å². The van der Waals surface area contributed by atoms with Crippen molar-refractivity contribution in [1.82, 2.24) is 15.2 Å². The molecule has 5 rings (SSSR count). The molecule has 0 atom stereocenters. The maximum Gasteiger partial charge on any atom is 0.272 e. The van der Waals surface area contributed by atoms with Gasteiger partial charge in [0, 0.05) is 12.7 Å². The van der Waals surface area contributed by atoms with Crippen molar-refractivity contribution in [2.45, 2.75) is 25.7 Å². The van der Waals surface area contributed by atoms with Gasteiger partial charge in [0.05, 0.1) is 16.8 Å². The second kappa shape index (κ2) is 10.5. The first kappa shape index (κ1) is 22.7. The Morgan fingerprint density at radius 2 is 1.91 bits per heavy atom. The van der Waals surface area contributed by atoms with Gasteiger partial charge in [-0.05, 0) is 98.1 Å². The molecule has 1 aliphatic heterocycles. The number of aryl methyl sites for hydroxylation is 1. The highest BCUT2D eigenvalue weighted by Crippen LogP contribution is 2.25. The van der Waals surface area contributed by atoms with Crippen LogP contribution < -0.4 is 20.1 Å². The van der Waals surface area contributed by atoms with Crippen molar-refractivity contribution in [2.24, 2.45) is 13.0 Å². The van der Waals surface area contributed by atoms with Crippen LogP contribution in [0.25, 0.3) is 10.2 Å². The summed E-state index contributed by atoms with van der Waals surface area (Å²) in [6.07, 6.45) is 8.27. The quantitative estimate of drug-likeness (QED) is 0.478.